The van der Waals surface area contributed by atoms with Gasteiger partial charge < -0.3 is 15.8 Å². The van der Waals surface area contributed by atoms with Crippen LogP contribution >= 0.6 is 0 Å². The van der Waals surface area contributed by atoms with Crippen LogP contribution in [0.4, 0.5) is 15.8 Å². The predicted octanol–water partition coefficient (Wildman–Crippen LogP) is 1.18. The summed E-state index contributed by atoms with van der Waals surface area (Å²) in [5.74, 6) is 5.24. The van der Waals surface area contributed by atoms with E-state index < -0.39 is 11.4 Å². The molecule has 0 bridgehead atoms. The van der Waals surface area contributed by atoms with E-state index in [0.717, 1.165) is 6.42 Å². The van der Waals surface area contributed by atoms with Crippen LogP contribution in [0.3, 0.4) is 0 Å². The Morgan fingerprint density at radius 1 is 1.58 bits per heavy atom. The van der Waals surface area contributed by atoms with Crippen LogP contribution in [0.15, 0.2) is 6.07 Å². The van der Waals surface area contributed by atoms with Crippen molar-refractivity contribution in [1.29, 1.82) is 5.26 Å². The second-order valence-corrected chi connectivity index (χ2v) is 5.14. The zero-order valence-corrected chi connectivity index (χ0v) is 10.8. The molecule has 0 spiro atoms. The molecule has 102 valence electrons. The fraction of sp³-hybridized carbons (Fsp3) is 0.462. The summed E-state index contributed by atoms with van der Waals surface area (Å²) < 4.78 is 13.9. The lowest BCUT2D eigenvalue weighted by molar-refractivity contribution is -0.0255. The van der Waals surface area contributed by atoms with Crippen molar-refractivity contribution in [2.75, 3.05) is 17.3 Å². The van der Waals surface area contributed by atoms with E-state index in [4.69, 9.17) is 16.8 Å². The summed E-state index contributed by atoms with van der Waals surface area (Å²) in [5, 5.41) is 20.3. The van der Waals surface area contributed by atoms with E-state index in [1.54, 1.807) is 6.07 Å². The van der Waals surface area contributed by atoms with Crippen LogP contribution in [0, 0.1) is 24.1 Å². The lowest BCUT2D eigenvalue weighted by Gasteiger charge is -2.40. The summed E-state index contributed by atoms with van der Waals surface area (Å²) >= 11 is 0. The fourth-order valence-corrected chi connectivity index (χ4v) is 2.36. The molecule has 2 rings (SSSR count). The third-order valence-electron chi connectivity index (χ3n) is 3.60. The second kappa shape index (κ2) is 4.68. The van der Waals surface area contributed by atoms with Crippen molar-refractivity contribution >= 4 is 11.4 Å². The molecule has 5 nitrogen and oxygen atoms in total. The van der Waals surface area contributed by atoms with Crippen LogP contribution in [-0.2, 0) is 0 Å². The summed E-state index contributed by atoms with van der Waals surface area (Å²) in [5.41, 5.74) is 5.46. The molecule has 0 radical (unpaired) electrons. The first-order chi connectivity index (χ1) is 8.88. The van der Waals surface area contributed by atoms with Gasteiger partial charge in [-0.1, -0.05) is 0 Å². The van der Waals surface area contributed by atoms with Gasteiger partial charge in [0.1, 0.15) is 17.4 Å². The van der Waals surface area contributed by atoms with Gasteiger partial charge in [-0.3, -0.25) is 0 Å². The number of anilines is 2. The smallest absolute Gasteiger partial charge is 0.146 e. The number of nitrogen functional groups attached to an aromatic ring is 1. The van der Waals surface area contributed by atoms with Crippen LogP contribution in [0.1, 0.15) is 30.4 Å². The van der Waals surface area contributed by atoms with Crippen molar-refractivity contribution in [3.8, 4) is 6.07 Å². The van der Waals surface area contributed by atoms with E-state index in [0.29, 0.717) is 18.4 Å². The fourth-order valence-electron chi connectivity index (χ4n) is 2.36. The summed E-state index contributed by atoms with van der Waals surface area (Å²) in [4.78, 5) is 0. The van der Waals surface area contributed by atoms with Gasteiger partial charge in [0.15, 0.2) is 0 Å². The molecule has 0 aliphatic heterocycles. The van der Waals surface area contributed by atoms with Gasteiger partial charge in [-0.2, -0.15) is 5.26 Å². The predicted molar refractivity (Wildman–Crippen MR) is 70.6 cm³/mol. The number of nitrogens with two attached hydrogens (primary N) is 2. The van der Waals surface area contributed by atoms with E-state index in [1.807, 2.05) is 0 Å². The molecule has 5 N–H and O–H groups in total. The van der Waals surface area contributed by atoms with Gasteiger partial charge in [0.05, 0.1) is 23.5 Å². The molecule has 0 saturated heterocycles. The van der Waals surface area contributed by atoms with Crippen molar-refractivity contribution in [3.05, 3.63) is 23.0 Å². The van der Waals surface area contributed by atoms with Crippen LogP contribution < -0.4 is 16.6 Å². The highest BCUT2D eigenvalue weighted by Crippen LogP contribution is 2.36. The number of hydrogen-bond acceptors (Lipinski definition) is 5. The average molecular weight is 264 g/mol. The highest BCUT2D eigenvalue weighted by atomic mass is 19.1. The lowest BCUT2D eigenvalue weighted by atomic mass is 9.80. The molecule has 0 unspecified atom stereocenters. The summed E-state index contributed by atoms with van der Waals surface area (Å²) in [6.07, 6.45) is 2.24. The van der Waals surface area contributed by atoms with Gasteiger partial charge in [-0.05, 0) is 37.8 Å². The van der Waals surface area contributed by atoms with E-state index in [-0.39, 0.29) is 23.5 Å². The van der Waals surface area contributed by atoms with Gasteiger partial charge in [-0.15, -0.1) is 0 Å². The van der Waals surface area contributed by atoms with Crippen LogP contribution in [0.25, 0.3) is 0 Å². The third-order valence-corrected chi connectivity index (χ3v) is 3.60. The molecular formula is C13H17FN4O. The summed E-state index contributed by atoms with van der Waals surface area (Å²) in [6, 6.07) is 3.23. The first kappa shape index (κ1) is 13.6. The zero-order valence-electron chi connectivity index (χ0n) is 10.8. The van der Waals surface area contributed by atoms with Gasteiger partial charge in [0.2, 0.25) is 0 Å². The highest BCUT2D eigenvalue weighted by Gasteiger charge is 2.36. The lowest BCUT2D eigenvalue weighted by Crippen LogP contribution is -2.51. The quantitative estimate of drug-likeness (QED) is 0.432. The Labute approximate surface area is 111 Å². The van der Waals surface area contributed by atoms with Crippen molar-refractivity contribution < 1.29 is 9.50 Å². The number of aliphatic hydroxyl groups is 1. The number of hydrazine groups is 1. The maximum absolute atomic E-state index is 13.9. The largest absolute Gasteiger partial charge is 0.397 e. The molecule has 1 aromatic rings. The Bertz CT molecular complexity index is 549. The Morgan fingerprint density at radius 3 is 2.68 bits per heavy atom. The van der Waals surface area contributed by atoms with Gasteiger partial charge in [0, 0.05) is 0 Å². The molecule has 0 heterocycles. The van der Waals surface area contributed by atoms with Gasteiger partial charge in [-0.25, -0.2) is 10.2 Å². The van der Waals surface area contributed by atoms with Crippen LogP contribution in [0.5, 0.6) is 0 Å². The Balaban J connectivity index is 2.38. The first-order valence-electron chi connectivity index (χ1n) is 6.11. The summed E-state index contributed by atoms with van der Waals surface area (Å²) in [6.45, 7) is 1.67. The molecular weight excluding hydrogens is 247 g/mol. The van der Waals surface area contributed by atoms with Crippen LogP contribution in [-0.4, -0.2) is 17.3 Å². The number of aryl methyl sites for hydroxylation is 1. The van der Waals surface area contributed by atoms with Crippen molar-refractivity contribution in [3.63, 3.8) is 0 Å². The van der Waals surface area contributed by atoms with E-state index in [2.05, 4.69) is 0 Å². The highest BCUT2D eigenvalue weighted by molar-refractivity contribution is 5.75. The number of rotatable bonds is 3. The van der Waals surface area contributed by atoms with Crippen molar-refractivity contribution in [2.45, 2.75) is 31.8 Å². The zero-order chi connectivity index (χ0) is 14.2. The van der Waals surface area contributed by atoms with E-state index in [9.17, 15) is 9.50 Å². The van der Waals surface area contributed by atoms with E-state index >= 15 is 0 Å². The number of hydrogen-bond donors (Lipinski definition) is 3. The molecule has 0 amide bonds. The van der Waals surface area contributed by atoms with Crippen molar-refractivity contribution in [1.82, 2.24) is 0 Å². The average Bonchev–Trinajstić information content (AvgIpc) is 2.31. The molecule has 0 atom stereocenters. The Hall–Kier alpha value is -1.84. The standard InChI is InChI=1S/C13H17FN4O/c1-8-5-10(16)12(9(6-15)11(8)14)18(17)7-13(19)3-2-4-13/h5,19H,2-4,7,16-17H2,1H3. The number of benzene rings is 1. The van der Waals surface area contributed by atoms with Gasteiger partial charge >= 0.3 is 0 Å². The SMILES string of the molecule is Cc1cc(N)c(N(N)CC2(O)CCC2)c(C#N)c1F. The Kier molecular flexibility index (Phi) is 3.35. The van der Waals surface area contributed by atoms with Gasteiger partial charge in [0.25, 0.3) is 0 Å². The topological polar surface area (TPSA) is 99.3 Å². The molecule has 6 heteroatoms. The number of nitrogens with zero attached hydrogens (tertiary/aromatic N) is 2. The minimum Gasteiger partial charge on any atom is -0.397 e. The minimum absolute atomic E-state index is 0.133. The Morgan fingerprint density at radius 2 is 2.21 bits per heavy atom. The molecule has 1 aliphatic rings. The second-order valence-electron chi connectivity index (χ2n) is 5.14. The molecule has 19 heavy (non-hydrogen) atoms. The number of halogens is 1. The first-order valence-corrected chi connectivity index (χ1v) is 6.11. The molecule has 1 fully saturated rings. The molecule has 1 saturated carbocycles. The molecule has 0 aromatic heterocycles. The summed E-state index contributed by atoms with van der Waals surface area (Å²) in [7, 11) is 0. The maximum Gasteiger partial charge on any atom is 0.146 e. The monoisotopic (exact) mass is 264 g/mol. The van der Waals surface area contributed by atoms with E-state index in [1.165, 1.54) is 18.0 Å². The normalized spacial score (nSPS) is 16.6. The maximum atomic E-state index is 13.9. The minimum atomic E-state index is -0.866. The molecule has 1 aliphatic carbocycles. The van der Waals surface area contributed by atoms with Crippen molar-refractivity contribution in [2.24, 2.45) is 5.84 Å². The third kappa shape index (κ3) is 2.35. The number of nitriles is 1. The van der Waals surface area contributed by atoms with Crippen LogP contribution in [0.2, 0.25) is 0 Å². The molecule has 1 aromatic carbocycles.